The molecule has 0 aliphatic rings. The second kappa shape index (κ2) is 7.59. The molecule has 0 aliphatic carbocycles. The summed E-state index contributed by atoms with van der Waals surface area (Å²) >= 11 is 0. The molecule has 0 saturated carbocycles. The van der Waals surface area contributed by atoms with Gasteiger partial charge in [-0.15, -0.1) is 0 Å². The zero-order valence-corrected chi connectivity index (χ0v) is 19.1. The maximum Gasteiger partial charge on any atom is 0.109 e. The van der Waals surface area contributed by atoms with Crippen molar-refractivity contribution in [2.24, 2.45) is 0 Å². The lowest BCUT2D eigenvalue weighted by Gasteiger charge is -2.07. The molecule has 0 unspecified atom stereocenters. The van der Waals surface area contributed by atoms with E-state index in [0.717, 1.165) is 40.1 Å². The summed E-state index contributed by atoms with van der Waals surface area (Å²) in [5, 5.41) is 2.47. The number of imidazole rings is 2. The monoisotopic (exact) mass is 430 g/mol. The highest BCUT2D eigenvalue weighted by Gasteiger charge is 2.09. The minimum absolute atomic E-state index is 0.387. The van der Waals surface area contributed by atoms with Crippen molar-refractivity contribution in [1.82, 2.24) is 19.9 Å². The highest BCUT2D eigenvalue weighted by Crippen LogP contribution is 2.31. The Labute approximate surface area is 192 Å². The third-order valence-corrected chi connectivity index (χ3v) is 6.42. The molecule has 0 fully saturated rings. The highest BCUT2D eigenvalue weighted by atomic mass is 14.9. The predicted octanol–water partition coefficient (Wildman–Crippen LogP) is 7.61. The molecular weight excluding hydrogens is 404 g/mol. The Kier molecular flexibility index (Phi) is 4.54. The smallest absolute Gasteiger partial charge is 0.109 e. The minimum atomic E-state index is 0.387. The van der Waals surface area contributed by atoms with Crippen LogP contribution in [0.2, 0.25) is 0 Å². The predicted molar refractivity (Wildman–Crippen MR) is 138 cm³/mol. The van der Waals surface area contributed by atoms with Gasteiger partial charge in [0.1, 0.15) is 11.6 Å². The van der Waals surface area contributed by atoms with Crippen molar-refractivity contribution in [3.63, 3.8) is 0 Å². The number of aromatic nitrogens is 4. The summed E-state index contributed by atoms with van der Waals surface area (Å²) in [6.07, 6.45) is 0.911. The van der Waals surface area contributed by atoms with Gasteiger partial charge < -0.3 is 9.97 Å². The van der Waals surface area contributed by atoms with E-state index in [1.165, 1.54) is 33.0 Å². The van der Waals surface area contributed by atoms with E-state index in [9.17, 15) is 0 Å². The van der Waals surface area contributed by atoms with Crippen molar-refractivity contribution in [2.75, 3.05) is 0 Å². The quantitative estimate of drug-likeness (QED) is 0.302. The van der Waals surface area contributed by atoms with Crippen LogP contribution in [0.3, 0.4) is 0 Å². The van der Waals surface area contributed by atoms with Crippen LogP contribution >= 0.6 is 0 Å². The van der Waals surface area contributed by atoms with Crippen molar-refractivity contribution in [2.45, 2.75) is 33.1 Å². The molecule has 0 aliphatic heterocycles. The molecule has 2 heterocycles. The number of aryl methyl sites for hydroxylation is 1. The number of hydrogen-bond acceptors (Lipinski definition) is 2. The van der Waals surface area contributed by atoms with Gasteiger partial charge in [0.15, 0.2) is 0 Å². The Hall–Kier alpha value is -3.92. The number of nitrogens with one attached hydrogen (secondary N) is 2. The van der Waals surface area contributed by atoms with Gasteiger partial charge in [0.2, 0.25) is 0 Å². The first-order valence-corrected chi connectivity index (χ1v) is 11.6. The van der Waals surface area contributed by atoms with Crippen LogP contribution in [0.1, 0.15) is 38.3 Å². The fourth-order valence-corrected chi connectivity index (χ4v) is 4.50. The van der Waals surface area contributed by atoms with Gasteiger partial charge in [0, 0.05) is 12.3 Å². The number of hydrogen-bond donors (Lipinski definition) is 2. The maximum atomic E-state index is 4.70. The van der Waals surface area contributed by atoms with Crippen LogP contribution in [0.25, 0.3) is 55.1 Å². The maximum absolute atomic E-state index is 4.70. The first-order valence-electron chi connectivity index (χ1n) is 11.6. The van der Waals surface area contributed by atoms with E-state index < -0.39 is 0 Å². The summed E-state index contributed by atoms with van der Waals surface area (Å²) in [6, 6.07) is 26.3. The molecule has 0 amide bonds. The van der Waals surface area contributed by atoms with E-state index in [2.05, 4.69) is 109 Å². The van der Waals surface area contributed by atoms with Gasteiger partial charge in [-0.05, 0) is 69.4 Å². The van der Waals surface area contributed by atoms with Gasteiger partial charge in [-0.3, -0.25) is 0 Å². The fourth-order valence-electron chi connectivity index (χ4n) is 4.50. The summed E-state index contributed by atoms with van der Waals surface area (Å²) in [5.41, 5.74) is 9.05. The molecule has 0 bridgehead atoms. The molecule has 162 valence electrons. The van der Waals surface area contributed by atoms with Gasteiger partial charge >= 0.3 is 0 Å². The zero-order chi connectivity index (χ0) is 22.5. The topological polar surface area (TPSA) is 57.4 Å². The summed E-state index contributed by atoms with van der Waals surface area (Å²) in [6.45, 7) is 6.43. The second-order valence-corrected chi connectivity index (χ2v) is 9.05. The van der Waals surface area contributed by atoms with Crippen molar-refractivity contribution in [3.8, 4) is 22.3 Å². The normalized spacial score (nSPS) is 11.9. The highest BCUT2D eigenvalue weighted by molar-refractivity contribution is 5.93. The van der Waals surface area contributed by atoms with Crippen LogP contribution in [-0.4, -0.2) is 19.9 Å². The van der Waals surface area contributed by atoms with E-state index in [-0.39, 0.29) is 0 Å². The summed E-state index contributed by atoms with van der Waals surface area (Å²) < 4.78 is 0. The Morgan fingerprint density at radius 1 is 0.636 bits per heavy atom. The third kappa shape index (κ3) is 3.48. The van der Waals surface area contributed by atoms with Crippen molar-refractivity contribution in [3.05, 3.63) is 84.4 Å². The Balaban J connectivity index is 1.36. The van der Waals surface area contributed by atoms with Crippen molar-refractivity contribution >= 4 is 32.8 Å². The first-order chi connectivity index (χ1) is 16.1. The van der Waals surface area contributed by atoms with Crippen LogP contribution in [0.4, 0.5) is 0 Å². The zero-order valence-electron chi connectivity index (χ0n) is 19.1. The molecule has 0 atom stereocenters. The van der Waals surface area contributed by atoms with Crippen LogP contribution in [0, 0.1) is 0 Å². The molecule has 4 heteroatoms. The molecule has 4 nitrogen and oxygen atoms in total. The number of benzene rings is 4. The van der Waals surface area contributed by atoms with Gasteiger partial charge in [-0.1, -0.05) is 57.2 Å². The fraction of sp³-hybridized carbons (Fsp3) is 0.172. The number of rotatable bonds is 4. The minimum Gasteiger partial charge on any atom is -0.342 e. The molecule has 0 radical (unpaired) electrons. The molecule has 4 aromatic carbocycles. The summed E-state index contributed by atoms with van der Waals surface area (Å²) in [7, 11) is 0. The number of aromatic amines is 2. The molecule has 2 N–H and O–H groups in total. The molecular formula is C29H26N4. The lowest BCUT2D eigenvalue weighted by molar-refractivity contribution is 0.799. The number of H-pyrrole nitrogens is 2. The third-order valence-electron chi connectivity index (χ3n) is 6.42. The van der Waals surface area contributed by atoms with Gasteiger partial charge in [-0.2, -0.15) is 0 Å². The number of nitrogens with zero attached hydrogens (tertiary/aromatic N) is 2. The SMILES string of the molecule is CCc1nc2ccc(-c3ccc4cc(-c5ccc6nc(C(C)C)[nH]c6c5)ccc4c3)cc2[nH]1. The first kappa shape index (κ1) is 19.7. The lowest BCUT2D eigenvalue weighted by atomic mass is 9.97. The van der Waals surface area contributed by atoms with E-state index in [1.54, 1.807) is 0 Å². The van der Waals surface area contributed by atoms with E-state index >= 15 is 0 Å². The van der Waals surface area contributed by atoms with E-state index in [4.69, 9.17) is 4.98 Å². The molecule has 33 heavy (non-hydrogen) atoms. The van der Waals surface area contributed by atoms with Gasteiger partial charge in [0.25, 0.3) is 0 Å². The van der Waals surface area contributed by atoms with Crippen molar-refractivity contribution < 1.29 is 0 Å². The van der Waals surface area contributed by atoms with Crippen LogP contribution < -0.4 is 0 Å². The molecule has 6 rings (SSSR count). The molecule has 6 aromatic rings. The average Bonchev–Trinajstić information content (AvgIpc) is 3.46. The average molecular weight is 431 g/mol. The van der Waals surface area contributed by atoms with Crippen LogP contribution in [0.5, 0.6) is 0 Å². The summed E-state index contributed by atoms with van der Waals surface area (Å²) in [5.74, 6) is 2.45. The second-order valence-electron chi connectivity index (χ2n) is 9.05. The Morgan fingerprint density at radius 2 is 1.15 bits per heavy atom. The molecule has 0 spiro atoms. The Morgan fingerprint density at radius 3 is 1.73 bits per heavy atom. The van der Waals surface area contributed by atoms with Crippen LogP contribution in [0.15, 0.2) is 72.8 Å². The largest absolute Gasteiger partial charge is 0.342 e. The molecule has 0 saturated heterocycles. The van der Waals surface area contributed by atoms with E-state index in [0.29, 0.717) is 5.92 Å². The number of fused-ring (bicyclic) bond motifs is 3. The van der Waals surface area contributed by atoms with Gasteiger partial charge in [-0.25, -0.2) is 9.97 Å². The van der Waals surface area contributed by atoms with Gasteiger partial charge in [0.05, 0.1) is 22.1 Å². The Bertz CT molecular complexity index is 1630. The van der Waals surface area contributed by atoms with Crippen molar-refractivity contribution in [1.29, 1.82) is 0 Å². The molecule has 2 aromatic heterocycles. The lowest BCUT2D eigenvalue weighted by Crippen LogP contribution is -1.88. The van der Waals surface area contributed by atoms with Crippen LogP contribution in [-0.2, 0) is 6.42 Å². The standard InChI is InChI=1S/C29H26N4/c1-4-28-30-24-11-9-22(15-26(24)31-28)20-7-5-19-14-21(8-6-18(19)13-20)23-10-12-25-27(16-23)33-29(32-25)17(2)3/h5-17H,4H2,1-3H3,(H,30,31)(H,32,33). The summed E-state index contributed by atoms with van der Waals surface area (Å²) in [4.78, 5) is 16.2. The van der Waals surface area contributed by atoms with E-state index in [1.807, 2.05) is 0 Å².